The summed E-state index contributed by atoms with van der Waals surface area (Å²) in [7, 11) is 0. The van der Waals surface area contributed by atoms with E-state index >= 15 is 0 Å². The van der Waals surface area contributed by atoms with Crippen molar-refractivity contribution in [2.75, 3.05) is 34.8 Å². The SMILES string of the molecule is CCN(CC)c1ccc(N(CCC(=O)Nc2ccccc2C)C(C)=O)c(C)c1. The number of hydrogen-bond donors (Lipinski definition) is 1. The van der Waals surface area contributed by atoms with Crippen molar-refractivity contribution in [3.8, 4) is 0 Å². The first-order valence-electron chi connectivity index (χ1n) is 9.86. The van der Waals surface area contributed by atoms with E-state index in [0.717, 1.165) is 41.3 Å². The molecule has 150 valence electrons. The van der Waals surface area contributed by atoms with Crippen LogP contribution < -0.4 is 15.1 Å². The first kappa shape index (κ1) is 21.5. The summed E-state index contributed by atoms with van der Waals surface area (Å²) in [5, 5.41) is 2.93. The summed E-state index contributed by atoms with van der Waals surface area (Å²) < 4.78 is 0. The standard InChI is InChI=1S/C23H31N3O2/c1-6-25(7-2)20-12-13-22(18(4)16-20)26(19(5)27)15-14-23(28)24-21-11-9-8-10-17(21)3/h8-13,16H,6-7,14-15H2,1-5H3,(H,24,28). The number of hydrogen-bond acceptors (Lipinski definition) is 3. The van der Waals surface area contributed by atoms with Crippen LogP contribution in [0.2, 0.25) is 0 Å². The summed E-state index contributed by atoms with van der Waals surface area (Å²) in [4.78, 5) is 28.6. The number of aryl methyl sites for hydroxylation is 2. The monoisotopic (exact) mass is 381 g/mol. The molecule has 0 unspecified atom stereocenters. The van der Waals surface area contributed by atoms with Crippen molar-refractivity contribution in [1.82, 2.24) is 0 Å². The van der Waals surface area contributed by atoms with Crippen LogP contribution in [0.3, 0.4) is 0 Å². The zero-order chi connectivity index (χ0) is 20.7. The minimum absolute atomic E-state index is 0.0672. The number of amides is 2. The maximum atomic E-state index is 12.4. The van der Waals surface area contributed by atoms with Gasteiger partial charge in [0.15, 0.2) is 0 Å². The lowest BCUT2D eigenvalue weighted by Crippen LogP contribution is -2.32. The van der Waals surface area contributed by atoms with Crippen molar-refractivity contribution in [3.05, 3.63) is 53.6 Å². The Balaban J connectivity index is 2.10. The number of nitrogens with one attached hydrogen (secondary N) is 1. The molecular formula is C23H31N3O2. The van der Waals surface area contributed by atoms with Gasteiger partial charge >= 0.3 is 0 Å². The molecule has 0 atom stereocenters. The van der Waals surface area contributed by atoms with Crippen molar-refractivity contribution in [2.24, 2.45) is 0 Å². The fourth-order valence-corrected chi connectivity index (χ4v) is 3.31. The molecule has 2 aromatic rings. The molecule has 5 heteroatoms. The van der Waals surface area contributed by atoms with Crippen LogP contribution in [0, 0.1) is 13.8 Å². The lowest BCUT2D eigenvalue weighted by molar-refractivity contribution is -0.117. The van der Waals surface area contributed by atoms with Gasteiger partial charge in [0.2, 0.25) is 11.8 Å². The molecule has 2 rings (SSSR count). The van der Waals surface area contributed by atoms with Gasteiger partial charge in [-0.25, -0.2) is 0 Å². The van der Waals surface area contributed by atoms with Crippen molar-refractivity contribution in [1.29, 1.82) is 0 Å². The number of rotatable bonds is 8. The maximum absolute atomic E-state index is 12.4. The van der Waals surface area contributed by atoms with E-state index in [2.05, 4.69) is 30.1 Å². The summed E-state index contributed by atoms with van der Waals surface area (Å²) in [5.41, 5.74) is 4.85. The Morgan fingerprint density at radius 2 is 1.64 bits per heavy atom. The molecule has 2 amide bonds. The van der Waals surface area contributed by atoms with E-state index in [4.69, 9.17) is 0 Å². The second-order valence-corrected chi connectivity index (χ2v) is 6.93. The molecule has 0 heterocycles. The Morgan fingerprint density at radius 3 is 2.21 bits per heavy atom. The predicted octanol–water partition coefficient (Wildman–Crippen LogP) is 4.53. The Labute approximate surface area is 168 Å². The van der Waals surface area contributed by atoms with Gasteiger partial charge in [0.25, 0.3) is 0 Å². The lowest BCUT2D eigenvalue weighted by atomic mass is 10.1. The normalized spacial score (nSPS) is 10.5. The molecule has 5 nitrogen and oxygen atoms in total. The topological polar surface area (TPSA) is 52.6 Å². The molecule has 0 aliphatic rings. The number of carbonyl (C=O) groups is 2. The third-order valence-corrected chi connectivity index (χ3v) is 4.96. The molecule has 0 radical (unpaired) electrons. The Morgan fingerprint density at radius 1 is 0.964 bits per heavy atom. The number of benzene rings is 2. The Hall–Kier alpha value is -2.82. The minimum Gasteiger partial charge on any atom is -0.372 e. The highest BCUT2D eigenvalue weighted by atomic mass is 16.2. The fraction of sp³-hybridized carbons (Fsp3) is 0.391. The number of carbonyl (C=O) groups excluding carboxylic acids is 2. The van der Waals surface area contributed by atoms with Gasteiger partial charge in [0.1, 0.15) is 0 Å². The van der Waals surface area contributed by atoms with Gasteiger partial charge < -0.3 is 15.1 Å². The van der Waals surface area contributed by atoms with Crippen LogP contribution in [0.4, 0.5) is 17.1 Å². The molecule has 0 saturated heterocycles. The van der Waals surface area contributed by atoms with E-state index in [1.807, 2.05) is 50.2 Å². The number of nitrogens with zero attached hydrogens (tertiary/aromatic N) is 2. The van der Waals surface area contributed by atoms with E-state index < -0.39 is 0 Å². The molecule has 0 saturated carbocycles. The summed E-state index contributed by atoms with van der Waals surface area (Å²) in [5.74, 6) is -0.166. The van der Waals surface area contributed by atoms with Crippen molar-refractivity contribution < 1.29 is 9.59 Å². The zero-order valence-electron chi connectivity index (χ0n) is 17.6. The van der Waals surface area contributed by atoms with E-state index in [1.165, 1.54) is 6.92 Å². The largest absolute Gasteiger partial charge is 0.372 e. The highest BCUT2D eigenvalue weighted by Crippen LogP contribution is 2.26. The van der Waals surface area contributed by atoms with E-state index in [-0.39, 0.29) is 18.2 Å². The quantitative estimate of drug-likeness (QED) is 0.731. The predicted molar refractivity (Wildman–Crippen MR) is 117 cm³/mol. The van der Waals surface area contributed by atoms with Crippen molar-refractivity contribution in [3.63, 3.8) is 0 Å². The second-order valence-electron chi connectivity index (χ2n) is 6.93. The summed E-state index contributed by atoms with van der Waals surface area (Å²) in [6.45, 7) is 12.0. The van der Waals surface area contributed by atoms with Crippen LogP contribution in [0.5, 0.6) is 0 Å². The maximum Gasteiger partial charge on any atom is 0.226 e. The molecule has 0 aromatic heterocycles. The fourth-order valence-electron chi connectivity index (χ4n) is 3.31. The summed E-state index contributed by atoms with van der Waals surface area (Å²) >= 11 is 0. The summed E-state index contributed by atoms with van der Waals surface area (Å²) in [6, 6.07) is 13.8. The Bertz CT molecular complexity index is 828. The van der Waals surface area contributed by atoms with Crippen LogP contribution in [0.15, 0.2) is 42.5 Å². The molecule has 0 aliphatic heterocycles. The average Bonchev–Trinajstić information content (AvgIpc) is 2.66. The van der Waals surface area contributed by atoms with Crippen molar-refractivity contribution in [2.45, 2.75) is 41.0 Å². The van der Waals surface area contributed by atoms with Crippen LogP contribution in [0.1, 0.15) is 38.3 Å². The smallest absolute Gasteiger partial charge is 0.226 e. The summed E-state index contributed by atoms with van der Waals surface area (Å²) in [6.07, 6.45) is 0.241. The van der Waals surface area contributed by atoms with Crippen LogP contribution in [-0.2, 0) is 9.59 Å². The molecule has 0 fully saturated rings. The lowest BCUT2D eigenvalue weighted by Gasteiger charge is -2.26. The second kappa shape index (κ2) is 9.93. The molecule has 1 N–H and O–H groups in total. The van der Waals surface area contributed by atoms with Gasteiger partial charge in [0.05, 0.1) is 0 Å². The average molecular weight is 382 g/mol. The van der Waals surface area contributed by atoms with Gasteiger partial charge in [-0.1, -0.05) is 18.2 Å². The molecular weight excluding hydrogens is 350 g/mol. The minimum atomic E-state index is -0.0991. The third kappa shape index (κ3) is 5.35. The third-order valence-electron chi connectivity index (χ3n) is 4.96. The van der Waals surface area contributed by atoms with Gasteiger partial charge in [-0.15, -0.1) is 0 Å². The Kier molecular flexibility index (Phi) is 7.61. The molecule has 0 spiro atoms. The van der Waals surface area contributed by atoms with E-state index in [0.29, 0.717) is 6.54 Å². The molecule has 0 bridgehead atoms. The number of para-hydroxylation sites is 1. The van der Waals surface area contributed by atoms with Crippen LogP contribution >= 0.6 is 0 Å². The molecule has 2 aromatic carbocycles. The zero-order valence-corrected chi connectivity index (χ0v) is 17.6. The van der Waals surface area contributed by atoms with Gasteiger partial charge in [-0.2, -0.15) is 0 Å². The van der Waals surface area contributed by atoms with Crippen molar-refractivity contribution >= 4 is 28.9 Å². The van der Waals surface area contributed by atoms with Gasteiger partial charge in [-0.05, 0) is 63.1 Å². The van der Waals surface area contributed by atoms with Crippen LogP contribution in [-0.4, -0.2) is 31.4 Å². The first-order chi connectivity index (χ1) is 13.4. The van der Waals surface area contributed by atoms with Gasteiger partial charge in [-0.3, -0.25) is 9.59 Å². The van der Waals surface area contributed by atoms with Crippen LogP contribution in [0.25, 0.3) is 0 Å². The van der Waals surface area contributed by atoms with Gasteiger partial charge in [0, 0.05) is 50.0 Å². The molecule has 28 heavy (non-hydrogen) atoms. The van der Waals surface area contributed by atoms with E-state index in [1.54, 1.807) is 4.90 Å². The highest BCUT2D eigenvalue weighted by molar-refractivity contribution is 5.95. The number of anilines is 3. The van der Waals surface area contributed by atoms with E-state index in [9.17, 15) is 9.59 Å². The highest BCUT2D eigenvalue weighted by Gasteiger charge is 2.17. The molecule has 0 aliphatic carbocycles. The first-order valence-corrected chi connectivity index (χ1v) is 9.86.